The lowest BCUT2D eigenvalue weighted by Crippen LogP contribution is -2.39. The van der Waals surface area contributed by atoms with E-state index in [0.717, 1.165) is 4.90 Å². The van der Waals surface area contributed by atoms with Crippen molar-refractivity contribution < 1.29 is 14.4 Å². The fourth-order valence-electron chi connectivity index (χ4n) is 2.09. The standard InChI is InChI=1S/C13H11N5O3S/c19-10-8-3-1-2-4-9(8)11(20)18(10)6-5-14-12(21)16-13-17-15-7-22-13/h1-4,7H,5-6H2,(H2,14,16,17,21). The Morgan fingerprint density at radius 2 is 1.86 bits per heavy atom. The second-order valence-corrected chi connectivity index (χ2v) is 5.27. The molecule has 0 atom stereocenters. The first-order valence-electron chi connectivity index (χ1n) is 6.43. The highest BCUT2D eigenvalue weighted by Gasteiger charge is 2.34. The Kier molecular flexibility index (Phi) is 3.79. The smallest absolute Gasteiger partial charge is 0.321 e. The Morgan fingerprint density at radius 3 is 2.45 bits per heavy atom. The molecule has 0 fully saturated rings. The number of carbonyl (C=O) groups is 3. The predicted octanol–water partition coefficient (Wildman–Crippen LogP) is 0.956. The van der Waals surface area contributed by atoms with Crippen molar-refractivity contribution >= 4 is 34.3 Å². The summed E-state index contributed by atoms with van der Waals surface area (Å²) in [5, 5.41) is 12.7. The molecule has 2 N–H and O–H groups in total. The van der Waals surface area contributed by atoms with Crippen molar-refractivity contribution in [3.05, 3.63) is 40.9 Å². The number of rotatable bonds is 4. The van der Waals surface area contributed by atoms with Gasteiger partial charge in [0.2, 0.25) is 5.13 Å². The van der Waals surface area contributed by atoms with Crippen LogP contribution in [0.5, 0.6) is 0 Å². The van der Waals surface area contributed by atoms with Crippen LogP contribution in [0.25, 0.3) is 0 Å². The van der Waals surface area contributed by atoms with Crippen LogP contribution in [-0.4, -0.2) is 46.0 Å². The zero-order valence-electron chi connectivity index (χ0n) is 11.3. The van der Waals surface area contributed by atoms with Gasteiger partial charge >= 0.3 is 6.03 Å². The largest absolute Gasteiger partial charge is 0.336 e. The van der Waals surface area contributed by atoms with Crippen molar-refractivity contribution in [2.24, 2.45) is 0 Å². The molecule has 8 nitrogen and oxygen atoms in total. The van der Waals surface area contributed by atoms with Crippen molar-refractivity contribution in [3.8, 4) is 0 Å². The van der Waals surface area contributed by atoms with E-state index < -0.39 is 6.03 Å². The van der Waals surface area contributed by atoms with Gasteiger partial charge in [-0.15, -0.1) is 10.2 Å². The number of hydrogen-bond donors (Lipinski definition) is 2. The van der Waals surface area contributed by atoms with Gasteiger partial charge in [-0.25, -0.2) is 4.79 Å². The number of fused-ring (bicyclic) bond motifs is 1. The Hall–Kier alpha value is -2.81. The number of nitrogens with one attached hydrogen (secondary N) is 2. The van der Waals surface area contributed by atoms with E-state index in [1.54, 1.807) is 24.3 Å². The third-order valence-electron chi connectivity index (χ3n) is 3.08. The Labute approximate surface area is 129 Å². The number of amides is 4. The van der Waals surface area contributed by atoms with Gasteiger partial charge in [0.1, 0.15) is 5.51 Å². The molecule has 1 aliphatic rings. The Bertz CT molecular complexity index is 696. The number of hydrogen-bond acceptors (Lipinski definition) is 6. The van der Waals surface area contributed by atoms with Crippen LogP contribution in [0.1, 0.15) is 20.7 Å². The lowest BCUT2D eigenvalue weighted by atomic mass is 10.1. The Morgan fingerprint density at radius 1 is 1.18 bits per heavy atom. The van der Waals surface area contributed by atoms with Gasteiger partial charge in [0.15, 0.2) is 0 Å². The highest BCUT2D eigenvalue weighted by atomic mass is 32.1. The molecule has 112 valence electrons. The highest BCUT2D eigenvalue weighted by Crippen LogP contribution is 2.21. The Balaban J connectivity index is 1.54. The number of aromatic nitrogens is 2. The van der Waals surface area contributed by atoms with Gasteiger partial charge in [-0.05, 0) is 12.1 Å². The molecule has 22 heavy (non-hydrogen) atoms. The monoisotopic (exact) mass is 317 g/mol. The molecule has 9 heteroatoms. The molecule has 2 aromatic rings. The van der Waals surface area contributed by atoms with E-state index in [9.17, 15) is 14.4 Å². The van der Waals surface area contributed by atoms with Crippen molar-refractivity contribution in [1.29, 1.82) is 0 Å². The highest BCUT2D eigenvalue weighted by molar-refractivity contribution is 7.13. The molecule has 3 rings (SSSR count). The summed E-state index contributed by atoms with van der Waals surface area (Å²) in [6.45, 7) is 0.256. The molecule has 2 heterocycles. The maximum atomic E-state index is 12.1. The second kappa shape index (κ2) is 5.90. The quantitative estimate of drug-likeness (QED) is 0.817. The maximum absolute atomic E-state index is 12.1. The van der Waals surface area contributed by atoms with E-state index in [0.29, 0.717) is 16.3 Å². The maximum Gasteiger partial charge on any atom is 0.321 e. The topological polar surface area (TPSA) is 104 Å². The zero-order chi connectivity index (χ0) is 15.5. The molecule has 0 unspecified atom stereocenters. The normalized spacial score (nSPS) is 13.2. The minimum absolute atomic E-state index is 0.107. The number of imide groups is 1. The fourth-order valence-corrected chi connectivity index (χ4v) is 2.53. The average Bonchev–Trinajstić information content (AvgIpc) is 3.10. The molecule has 0 saturated carbocycles. The summed E-state index contributed by atoms with van der Waals surface area (Å²) in [6.07, 6.45) is 0. The van der Waals surface area contributed by atoms with Crippen molar-refractivity contribution in [2.75, 3.05) is 18.4 Å². The van der Waals surface area contributed by atoms with Gasteiger partial charge in [0, 0.05) is 13.1 Å². The van der Waals surface area contributed by atoms with Gasteiger partial charge < -0.3 is 5.32 Å². The van der Waals surface area contributed by atoms with Crippen LogP contribution in [0.3, 0.4) is 0 Å². The number of carbonyl (C=O) groups excluding carboxylic acids is 3. The van der Waals surface area contributed by atoms with E-state index in [2.05, 4.69) is 20.8 Å². The molecular weight excluding hydrogens is 306 g/mol. The van der Waals surface area contributed by atoms with E-state index in [4.69, 9.17) is 0 Å². The van der Waals surface area contributed by atoms with Gasteiger partial charge in [0.25, 0.3) is 11.8 Å². The van der Waals surface area contributed by atoms with Crippen LogP contribution in [-0.2, 0) is 0 Å². The van der Waals surface area contributed by atoms with Crippen LogP contribution >= 0.6 is 11.3 Å². The zero-order valence-corrected chi connectivity index (χ0v) is 12.1. The third-order valence-corrected chi connectivity index (χ3v) is 3.69. The number of benzene rings is 1. The molecule has 0 radical (unpaired) electrons. The molecule has 0 bridgehead atoms. The lowest BCUT2D eigenvalue weighted by Gasteiger charge is -2.14. The van der Waals surface area contributed by atoms with Gasteiger partial charge in [-0.1, -0.05) is 23.5 Å². The van der Waals surface area contributed by atoms with E-state index >= 15 is 0 Å². The minimum atomic E-state index is -0.464. The van der Waals surface area contributed by atoms with E-state index in [1.807, 2.05) is 0 Å². The first-order chi connectivity index (χ1) is 10.7. The van der Waals surface area contributed by atoms with Crippen molar-refractivity contribution in [3.63, 3.8) is 0 Å². The summed E-state index contributed by atoms with van der Waals surface area (Å²) in [5.74, 6) is -0.682. The molecule has 1 aliphatic heterocycles. The second-order valence-electron chi connectivity index (χ2n) is 4.43. The van der Waals surface area contributed by atoms with Gasteiger partial charge in [-0.2, -0.15) is 0 Å². The molecule has 0 aliphatic carbocycles. The van der Waals surface area contributed by atoms with E-state index in [1.165, 1.54) is 16.8 Å². The summed E-state index contributed by atoms with van der Waals surface area (Å²) in [5.41, 5.74) is 2.28. The first-order valence-corrected chi connectivity index (χ1v) is 7.31. The van der Waals surface area contributed by atoms with E-state index in [-0.39, 0.29) is 24.9 Å². The van der Waals surface area contributed by atoms with Crippen LogP contribution in [0, 0.1) is 0 Å². The summed E-state index contributed by atoms with van der Waals surface area (Å²) in [7, 11) is 0. The molecule has 1 aromatic carbocycles. The number of urea groups is 1. The predicted molar refractivity (Wildman–Crippen MR) is 78.7 cm³/mol. The SMILES string of the molecule is O=C(NCCN1C(=O)c2ccccc2C1=O)Nc1nncs1. The minimum Gasteiger partial charge on any atom is -0.336 e. The van der Waals surface area contributed by atoms with Crippen LogP contribution in [0.15, 0.2) is 29.8 Å². The summed E-state index contributed by atoms with van der Waals surface area (Å²) in [4.78, 5) is 36.9. The van der Waals surface area contributed by atoms with Crippen molar-refractivity contribution in [1.82, 2.24) is 20.4 Å². The van der Waals surface area contributed by atoms with Crippen molar-refractivity contribution in [2.45, 2.75) is 0 Å². The molecule has 0 spiro atoms. The van der Waals surface area contributed by atoms with Gasteiger partial charge in [-0.3, -0.25) is 19.8 Å². The number of nitrogens with zero attached hydrogens (tertiary/aromatic N) is 3. The molecule has 0 saturated heterocycles. The molecular formula is C13H11N5O3S. The molecule has 4 amide bonds. The average molecular weight is 317 g/mol. The van der Waals surface area contributed by atoms with Crippen LogP contribution in [0.4, 0.5) is 9.93 Å². The van der Waals surface area contributed by atoms with Crippen LogP contribution in [0.2, 0.25) is 0 Å². The first kappa shape index (κ1) is 14.1. The summed E-state index contributed by atoms with van der Waals surface area (Å²) >= 11 is 1.19. The van der Waals surface area contributed by atoms with Gasteiger partial charge in [0.05, 0.1) is 11.1 Å². The van der Waals surface area contributed by atoms with Crippen LogP contribution < -0.4 is 10.6 Å². The third kappa shape index (κ3) is 2.66. The summed E-state index contributed by atoms with van der Waals surface area (Å²) < 4.78 is 0. The lowest BCUT2D eigenvalue weighted by molar-refractivity contribution is 0.0656. The number of anilines is 1. The summed E-state index contributed by atoms with van der Waals surface area (Å²) in [6, 6.07) is 6.19. The fraction of sp³-hybridized carbons (Fsp3) is 0.154. The molecule has 1 aromatic heterocycles.